The van der Waals surface area contributed by atoms with Crippen LogP contribution in [0.25, 0.3) is 0 Å². The molecule has 3 heterocycles. The first kappa shape index (κ1) is 15.7. The molecular weight excluding hydrogens is 314 g/mol. The normalized spacial score (nSPS) is 17.2. The molecule has 0 aliphatic carbocycles. The Morgan fingerprint density at radius 1 is 1.48 bits per heavy atom. The van der Waals surface area contributed by atoms with Gasteiger partial charge in [-0.3, -0.25) is 14.3 Å². The van der Waals surface area contributed by atoms with Gasteiger partial charge in [0.05, 0.1) is 23.8 Å². The zero-order chi connectivity index (χ0) is 16.4. The first-order valence-electron chi connectivity index (χ1n) is 7.54. The number of amides is 2. The lowest BCUT2D eigenvalue weighted by molar-refractivity contribution is -0.136. The summed E-state index contributed by atoms with van der Waals surface area (Å²) in [5.41, 5.74) is 3.03. The summed E-state index contributed by atoms with van der Waals surface area (Å²) in [6.45, 7) is 5.31. The second kappa shape index (κ2) is 6.49. The topological polar surface area (TPSA) is 80.1 Å². The van der Waals surface area contributed by atoms with E-state index in [0.717, 1.165) is 5.69 Å². The van der Waals surface area contributed by atoms with Crippen molar-refractivity contribution in [1.82, 2.24) is 25.0 Å². The monoisotopic (exact) mass is 333 g/mol. The van der Waals surface area contributed by atoms with Gasteiger partial charge in [0.25, 0.3) is 5.91 Å². The summed E-state index contributed by atoms with van der Waals surface area (Å²) >= 11 is 1.38. The van der Waals surface area contributed by atoms with Gasteiger partial charge in [-0.25, -0.2) is 4.98 Å². The van der Waals surface area contributed by atoms with E-state index in [1.807, 2.05) is 29.5 Å². The van der Waals surface area contributed by atoms with Crippen LogP contribution in [-0.4, -0.2) is 44.6 Å². The molecule has 2 amide bonds. The molecule has 0 fully saturated rings. The van der Waals surface area contributed by atoms with Gasteiger partial charge in [0.2, 0.25) is 5.91 Å². The van der Waals surface area contributed by atoms with Crippen molar-refractivity contribution in [3.8, 4) is 0 Å². The van der Waals surface area contributed by atoms with Crippen LogP contribution in [0.5, 0.6) is 0 Å². The number of thiazole rings is 1. The van der Waals surface area contributed by atoms with Gasteiger partial charge in [-0.2, -0.15) is 5.10 Å². The Balaban J connectivity index is 1.70. The molecule has 1 aliphatic heterocycles. The second-order valence-corrected chi connectivity index (χ2v) is 6.60. The van der Waals surface area contributed by atoms with E-state index in [-0.39, 0.29) is 23.8 Å². The van der Waals surface area contributed by atoms with Crippen LogP contribution in [0.15, 0.2) is 23.2 Å². The molecule has 0 aromatic carbocycles. The summed E-state index contributed by atoms with van der Waals surface area (Å²) in [4.78, 5) is 30.2. The van der Waals surface area contributed by atoms with Crippen LogP contribution in [0.1, 0.15) is 36.1 Å². The van der Waals surface area contributed by atoms with Gasteiger partial charge in [-0.1, -0.05) is 13.8 Å². The molecule has 0 radical (unpaired) electrons. The Morgan fingerprint density at radius 3 is 3.00 bits per heavy atom. The van der Waals surface area contributed by atoms with E-state index < -0.39 is 0 Å². The molecule has 2 aromatic rings. The Kier molecular flexibility index (Phi) is 4.42. The molecular formula is C15H19N5O2S. The first-order valence-corrected chi connectivity index (χ1v) is 8.48. The number of aromatic nitrogens is 3. The molecule has 1 atom stereocenters. The summed E-state index contributed by atoms with van der Waals surface area (Å²) in [5, 5.41) is 8.92. The fraction of sp³-hybridized carbons (Fsp3) is 0.467. The summed E-state index contributed by atoms with van der Waals surface area (Å²) in [6, 6.07) is 1.84. The molecule has 0 saturated carbocycles. The van der Waals surface area contributed by atoms with Gasteiger partial charge in [0.15, 0.2) is 0 Å². The van der Waals surface area contributed by atoms with E-state index in [4.69, 9.17) is 0 Å². The van der Waals surface area contributed by atoms with E-state index in [0.29, 0.717) is 25.3 Å². The number of nitrogens with one attached hydrogen (secondary N) is 1. The number of fused-ring (bicyclic) bond motifs is 1. The lowest BCUT2D eigenvalue weighted by Crippen LogP contribution is -2.46. The van der Waals surface area contributed by atoms with Crippen LogP contribution >= 0.6 is 11.3 Å². The van der Waals surface area contributed by atoms with Crippen molar-refractivity contribution in [3.05, 3.63) is 34.5 Å². The van der Waals surface area contributed by atoms with Gasteiger partial charge in [0.1, 0.15) is 5.69 Å². The zero-order valence-electron chi connectivity index (χ0n) is 13.1. The van der Waals surface area contributed by atoms with E-state index in [1.54, 1.807) is 17.1 Å². The highest BCUT2D eigenvalue weighted by Crippen LogP contribution is 2.21. The Labute approximate surface area is 138 Å². The van der Waals surface area contributed by atoms with Crippen molar-refractivity contribution in [3.63, 3.8) is 0 Å². The van der Waals surface area contributed by atoms with Crippen molar-refractivity contribution in [2.75, 3.05) is 13.1 Å². The molecule has 0 bridgehead atoms. The molecule has 0 spiro atoms. The molecule has 8 heteroatoms. The largest absolute Gasteiger partial charge is 0.348 e. The average Bonchev–Trinajstić information content (AvgIpc) is 3.21. The minimum absolute atomic E-state index is 0.0466. The highest BCUT2D eigenvalue weighted by atomic mass is 32.1. The van der Waals surface area contributed by atoms with Gasteiger partial charge in [-0.05, 0) is 6.07 Å². The predicted octanol–water partition coefficient (Wildman–Crippen LogP) is 1.31. The van der Waals surface area contributed by atoms with Crippen molar-refractivity contribution < 1.29 is 9.59 Å². The van der Waals surface area contributed by atoms with Crippen molar-refractivity contribution in [2.45, 2.75) is 26.4 Å². The van der Waals surface area contributed by atoms with E-state index in [2.05, 4.69) is 15.4 Å². The predicted molar refractivity (Wildman–Crippen MR) is 86.0 cm³/mol. The molecule has 1 aliphatic rings. The van der Waals surface area contributed by atoms with Crippen molar-refractivity contribution in [1.29, 1.82) is 0 Å². The highest BCUT2D eigenvalue weighted by molar-refractivity contribution is 7.07. The first-order chi connectivity index (χ1) is 11.1. The highest BCUT2D eigenvalue weighted by Gasteiger charge is 2.29. The van der Waals surface area contributed by atoms with Crippen LogP contribution in [0.2, 0.25) is 0 Å². The van der Waals surface area contributed by atoms with Crippen LogP contribution in [-0.2, 0) is 11.3 Å². The van der Waals surface area contributed by atoms with Gasteiger partial charge in [0, 0.05) is 30.6 Å². The van der Waals surface area contributed by atoms with Crippen LogP contribution in [0.4, 0.5) is 0 Å². The maximum absolute atomic E-state index is 12.3. The molecule has 2 aromatic heterocycles. The second-order valence-electron chi connectivity index (χ2n) is 5.88. The van der Waals surface area contributed by atoms with E-state index in [1.165, 1.54) is 11.3 Å². The molecule has 23 heavy (non-hydrogen) atoms. The molecule has 7 nitrogen and oxygen atoms in total. The number of hydrogen-bond acceptors (Lipinski definition) is 5. The minimum atomic E-state index is -0.202. The summed E-state index contributed by atoms with van der Waals surface area (Å²) < 4.78 is 1.89. The lowest BCUT2D eigenvalue weighted by Gasteiger charge is -2.35. The Morgan fingerprint density at radius 2 is 2.30 bits per heavy atom. The van der Waals surface area contributed by atoms with E-state index >= 15 is 0 Å². The van der Waals surface area contributed by atoms with Crippen LogP contribution in [0, 0.1) is 5.92 Å². The third-order valence-corrected chi connectivity index (χ3v) is 4.44. The molecule has 0 saturated heterocycles. The SMILES string of the molecule is CC(C)C(=O)N1Cc2ccnn2[C@@H](CNC(=O)c2cscn2)C1. The number of carbonyl (C=O) groups is 2. The summed E-state index contributed by atoms with van der Waals surface area (Å²) in [5.74, 6) is -0.129. The Hall–Kier alpha value is -2.22. The van der Waals surface area contributed by atoms with Crippen molar-refractivity contribution in [2.24, 2.45) is 5.92 Å². The lowest BCUT2D eigenvalue weighted by atomic mass is 10.1. The Bertz CT molecular complexity index is 695. The third-order valence-electron chi connectivity index (χ3n) is 3.85. The van der Waals surface area contributed by atoms with Crippen LogP contribution < -0.4 is 5.32 Å². The van der Waals surface area contributed by atoms with Gasteiger partial charge >= 0.3 is 0 Å². The average molecular weight is 333 g/mol. The maximum atomic E-state index is 12.3. The van der Waals surface area contributed by atoms with E-state index in [9.17, 15) is 9.59 Å². The number of hydrogen-bond donors (Lipinski definition) is 1. The minimum Gasteiger partial charge on any atom is -0.348 e. The number of rotatable bonds is 4. The molecule has 0 unspecified atom stereocenters. The third kappa shape index (κ3) is 3.26. The summed E-state index contributed by atoms with van der Waals surface area (Å²) in [7, 11) is 0. The van der Waals surface area contributed by atoms with Gasteiger partial charge < -0.3 is 10.2 Å². The quantitative estimate of drug-likeness (QED) is 0.915. The fourth-order valence-electron chi connectivity index (χ4n) is 2.70. The number of carbonyl (C=O) groups excluding carboxylic acids is 2. The maximum Gasteiger partial charge on any atom is 0.270 e. The van der Waals surface area contributed by atoms with Crippen molar-refractivity contribution >= 4 is 23.2 Å². The number of nitrogens with zero attached hydrogens (tertiary/aromatic N) is 4. The zero-order valence-corrected chi connectivity index (χ0v) is 13.9. The molecule has 3 rings (SSSR count). The standard InChI is InChI=1S/C15H19N5O2S/c1-10(2)15(22)19-6-11-3-4-18-20(11)12(7-19)5-16-14(21)13-8-23-9-17-13/h3-4,8-10,12H,5-7H2,1-2H3,(H,16,21)/t12-/m0/s1. The molecule has 1 N–H and O–H groups in total. The molecule has 122 valence electrons. The van der Waals surface area contributed by atoms with Crippen LogP contribution in [0.3, 0.4) is 0 Å². The summed E-state index contributed by atoms with van der Waals surface area (Å²) in [6.07, 6.45) is 1.73. The van der Waals surface area contributed by atoms with Gasteiger partial charge in [-0.15, -0.1) is 11.3 Å². The fourth-order valence-corrected chi connectivity index (χ4v) is 3.23. The smallest absolute Gasteiger partial charge is 0.270 e.